The van der Waals surface area contributed by atoms with Crippen molar-refractivity contribution in [2.75, 3.05) is 0 Å². The molecular weight excluding hydrogens is 222 g/mol. The zero-order chi connectivity index (χ0) is 11.7. The first-order valence-electron chi connectivity index (χ1n) is 4.87. The molecule has 0 fully saturated rings. The number of hydrogen-bond acceptors (Lipinski definition) is 3. The normalized spacial score (nSPS) is 10.4. The van der Waals surface area contributed by atoms with E-state index in [1.807, 2.05) is 30.3 Å². The Morgan fingerprint density at radius 1 is 1.25 bits per heavy atom. The molecule has 0 bridgehead atoms. The van der Waals surface area contributed by atoms with E-state index in [4.69, 9.17) is 16.6 Å². The quantitative estimate of drug-likeness (QED) is 0.710. The van der Waals surface area contributed by atoms with Crippen molar-refractivity contribution in [2.45, 2.75) is 6.92 Å². The number of aromatic nitrogens is 1. The Morgan fingerprint density at radius 3 is 2.50 bits per heavy atom. The summed E-state index contributed by atoms with van der Waals surface area (Å²) in [5.74, 6) is 0.555. The molecule has 0 aliphatic carbocycles. The number of aryl methyl sites for hydroxylation is 1. The van der Waals surface area contributed by atoms with Gasteiger partial charge in [-0.1, -0.05) is 30.3 Å². The standard InChI is InChI=1S/C12H11NO2S/c1-8-10(9-6-4-3-5-7-9)11(14)13(2)12(16)15-8/h3-7H,1-2H3. The van der Waals surface area contributed by atoms with E-state index in [-0.39, 0.29) is 10.4 Å². The lowest BCUT2D eigenvalue weighted by molar-refractivity contribution is 0.447. The van der Waals surface area contributed by atoms with E-state index < -0.39 is 0 Å². The Balaban J connectivity index is 2.82. The van der Waals surface area contributed by atoms with Crippen LogP contribution in [0.4, 0.5) is 0 Å². The fourth-order valence-corrected chi connectivity index (χ4v) is 1.79. The fourth-order valence-electron chi connectivity index (χ4n) is 1.58. The lowest BCUT2D eigenvalue weighted by atomic mass is 10.1. The summed E-state index contributed by atoms with van der Waals surface area (Å²) in [6.45, 7) is 1.75. The molecule has 0 radical (unpaired) electrons. The molecule has 0 spiro atoms. The van der Waals surface area contributed by atoms with Crippen molar-refractivity contribution in [2.24, 2.45) is 7.05 Å². The van der Waals surface area contributed by atoms with Gasteiger partial charge in [-0.15, -0.1) is 0 Å². The Morgan fingerprint density at radius 2 is 1.88 bits per heavy atom. The molecule has 0 saturated heterocycles. The topological polar surface area (TPSA) is 35.1 Å². The van der Waals surface area contributed by atoms with Crippen LogP contribution in [0.1, 0.15) is 5.76 Å². The molecule has 2 aromatic rings. The molecular formula is C12H11NO2S. The smallest absolute Gasteiger partial charge is 0.271 e. The summed E-state index contributed by atoms with van der Waals surface area (Å²) < 4.78 is 6.69. The predicted molar refractivity (Wildman–Crippen MR) is 65.0 cm³/mol. The summed E-state index contributed by atoms with van der Waals surface area (Å²) in [7, 11) is 1.61. The van der Waals surface area contributed by atoms with Crippen LogP contribution in [-0.4, -0.2) is 4.57 Å². The van der Waals surface area contributed by atoms with E-state index in [2.05, 4.69) is 0 Å². The van der Waals surface area contributed by atoms with Crippen molar-refractivity contribution in [3.63, 3.8) is 0 Å². The lowest BCUT2D eigenvalue weighted by Crippen LogP contribution is -2.20. The summed E-state index contributed by atoms with van der Waals surface area (Å²) in [6.07, 6.45) is 0. The van der Waals surface area contributed by atoms with Gasteiger partial charge in [-0.2, -0.15) is 0 Å². The van der Waals surface area contributed by atoms with Gasteiger partial charge in [0, 0.05) is 7.05 Å². The second kappa shape index (κ2) is 4.06. The molecule has 0 saturated carbocycles. The molecule has 3 nitrogen and oxygen atoms in total. The van der Waals surface area contributed by atoms with E-state index in [1.54, 1.807) is 14.0 Å². The Labute approximate surface area is 98.0 Å². The second-order valence-electron chi connectivity index (χ2n) is 3.53. The van der Waals surface area contributed by atoms with Crippen LogP contribution in [0, 0.1) is 11.8 Å². The highest BCUT2D eigenvalue weighted by Crippen LogP contribution is 2.18. The molecule has 1 aromatic carbocycles. The number of hydrogen-bond donors (Lipinski definition) is 0. The summed E-state index contributed by atoms with van der Waals surface area (Å²) in [4.78, 5) is 12.2. The van der Waals surface area contributed by atoms with Crippen LogP contribution in [0.25, 0.3) is 11.1 Å². The molecule has 0 aliphatic heterocycles. The van der Waals surface area contributed by atoms with Crippen LogP contribution >= 0.6 is 12.2 Å². The molecule has 1 aromatic heterocycles. The van der Waals surface area contributed by atoms with Gasteiger partial charge in [-0.05, 0) is 24.7 Å². The lowest BCUT2D eigenvalue weighted by Gasteiger charge is -2.06. The third-order valence-corrected chi connectivity index (χ3v) is 2.80. The summed E-state index contributed by atoms with van der Waals surface area (Å²) in [6, 6.07) is 9.43. The van der Waals surface area contributed by atoms with Gasteiger partial charge in [-0.3, -0.25) is 9.36 Å². The highest BCUT2D eigenvalue weighted by atomic mass is 32.1. The van der Waals surface area contributed by atoms with E-state index in [9.17, 15) is 4.79 Å². The third-order valence-electron chi connectivity index (χ3n) is 2.45. The zero-order valence-electron chi connectivity index (χ0n) is 9.06. The van der Waals surface area contributed by atoms with Crippen molar-refractivity contribution in [3.8, 4) is 11.1 Å². The maximum Gasteiger partial charge on any atom is 0.271 e. The first kappa shape index (κ1) is 10.8. The summed E-state index contributed by atoms with van der Waals surface area (Å²) >= 11 is 4.93. The molecule has 2 rings (SSSR count). The average molecular weight is 233 g/mol. The second-order valence-corrected chi connectivity index (χ2v) is 3.88. The highest BCUT2D eigenvalue weighted by Gasteiger charge is 2.11. The van der Waals surface area contributed by atoms with Crippen LogP contribution in [0.15, 0.2) is 39.5 Å². The Hall–Kier alpha value is -1.68. The maximum atomic E-state index is 12.0. The minimum absolute atomic E-state index is 0.125. The molecule has 16 heavy (non-hydrogen) atoms. The number of benzene rings is 1. The molecule has 0 N–H and O–H groups in total. The minimum Gasteiger partial charge on any atom is -0.435 e. The summed E-state index contributed by atoms with van der Waals surface area (Å²) in [5, 5.41) is 0. The zero-order valence-corrected chi connectivity index (χ0v) is 9.88. The SMILES string of the molecule is Cc1oc(=S)n(C)c(=O)c1-c1ccccc1. The maximum absolute atomic E-state index is 12.0. The van der Waals surface area contributed by atoms with Crippen LogP contribution in [-0.2, 0) is 7.05 Å². The van der Waals surface area contributed by atoms with Gasteiger partial charge in [0.2, 0.25) is 0 Å². The van der Waals surface area contributed by atoms with E-state index >= 15 is 0 Å². The average Bonchev–Trinajstić information content (AvgIpc) is 2.28. The van der Waals surface area contributed by atoms with Crippen LogP contribution < -0.4 is 5.56 Å². The van der Waals surface area contributed by atoms with E-state index in [0.717, 1.165) is 5.56 Å². The van der Waals surface area contributed by atoms with Gasteiger partial charge in [-0.25, -0.2) is 0 Å². The van der Waals surface area contributed by atoms with Gasteiger partial charge < -0.3 is 4.42 Å². The number of nitrogens with zero attached hydrogens (tertiary/aromatic N) is 1. The Bertz CT molecular complexity index is 626. The van der Waals surface area contributed by atoms with Crippen molar-refractivity contribution in [3.05, 3.63) is 51.3 Å². The largest absolute Gasteiger partial charge is 0.435 e. The Kier molecular flexibility index (Phi) is 2.75. The molecule has 0 amide bonds. The first-order valence-corrected chi connectivity index (χ1v) is 5.28. The summed E-state index contributed by atoms with van der Waals surface area (Å²) in [5.41, 5.74) is 1.29. The van der Waals surface area contributed by atoms with Gasteiger partial charge in [0.05, 0.1) is 5.56 Å². The van der Waals surface area contributed by atoms with Crippen molar-refractivity contribution < 1.29 is 4.42 Å². The third kappa shape index (κ3) is 1.72. The minimum atomic E-state index is -0.125. The molecule has 0 aliphatic rings. The van der Waals surface area contributed by atoms with E-state index in [1.165, 1.54) is 4.57 Å². The van der Waals surface area contributed by atoms with Gasteiger partial charge in [0.25, 0.3) is 10.4 Å². The van der Waals surface area contributed by atoms with Crippen LogP contribution in [0.2, 0.25) is 0 Å². The molecule has 0 atom stereocenters. The molecule has 4 heteroatoms. The predicted octanol–water partition coefficient (Wildman–Crippen LogP) is 2.68. The highest BCUT2D eigenvalue weighted by molar-refractivity contribution is 7.71. The molecule has 0 unspecified atom stereocenters. The fraction of sp³-hybridized carbons (Fsp3) is 0.167. The molecule has 82 valence electrons. The van der Waals surface area contributed by atoms with Gasteiger partial charge >= 0.3 is 0 Å². The number of rotatable bonds is 1. The van der Waals surface area contributed by atoms with Crippen molar-refractivity contribution >= 4 is 12.2 Å². The van der Waals surface area contributed by atoms with E-state index in [0.29, 0.717) is 11.3 Å². The molecule has 1 heterocycles. The van der Waals surface area contributed by atoms with Gasteiger partial charge in [0.15, 0.2) is 0 Å². The first-order chi connectivity index (χ1) is 7.61. The van der Waals surface area contributed by atoms with Crippen molar-refractivity contribution in [1.82, 2.24) is 4.57 Å². The monoisotopic (exact) mass is 233 g/mol. The van der Waals surface area contributed by atoms with Crippen LogP contribution in [0.3, 0.4) is 0 Å². The van der Waals surface area contributed by atoms with Crippen LogP contribution in [0.5, 0.6) is 0 Å². The van der Waals surface area contributed by atoms with Gasteiger partial charge in [0.1, 0.15) is 5.76 Å². The van der Waals surface area contributed by atoms with Crippen molar-refractivity contribution in [1.29, 1.82) is 0 Å².